The van der Waals surface area contributed by atoms with Crippen molar-refractivity contribution in [2.75, 3.05) is 0 Å². The molecule has 0 bridgehead atoms. The van der Waals surface area contributed by atoms with E-state index in [-0.39, 0.29) is 6.04 Å². The van der Waals surface area contributed by atoms with Crippen molar-refractivity contribution in [3.8, 4) is 0 Å². The first-order chi connectivity index (χ1) is 7.73. The van der Waals surface area contributed by atoms with E-state index in [2.05, 4.69) is 12.1 Å². The van der Waals surface area contributed by atoms with Crippen LogP contribution in [-0.2, 0) is 11.2 Å². The Labute approximate surface area is 104 Å². The number of benzene rings is 1. The number of nitrogens with two attached hydrogens (primary N) is 1. The highest BCUT2D eigenvalue weighted by molar-refractivity contribution is 5.72. The van der Waals surface area contributed by atoms with E-state index in [1.807, 2.05) is 25.1 Å². The third kappa shape index (κ3) is 8.46. The summed E-state index contributed by atoms with van der Waals surface area (Å²) in [6.45, 7) is 7.01. The fraction of sp³-hybridized carbons (Fsp3) is 0.500. The molecule has 0 radical (unpaired) electrons. The van der Waals surface area contributed by atoms with Gasteiger partial charge in [0.2, 0.25) is 0 Å². The summed E-state index contributed by atoms with van der Waals surface area (Å²) in [5.41, 5.74) is 6.36. The summed E-state index contributed by atoms with van der Waals surface area (Å²) in [6.07, 6.45) is 0.973. The zero-order valence-electron chi connectivity index (χ0n) is 11.1. The third-order valence-electron chi connectivity index (χ3n) is 2.04. The summed E-state index contributed by atoms with van der Waals surface area (Å²) in [5, 5.41) is 8.25. The molecule has 0 amide bonds. The van der Waals surface area contributed by atoms with E-state index in [1.165, 1.54) is 5.56 Å². The van der Waals surface area contributed by atoms with Gasteiger partial charge < -0.3 is 10.8 Å². The smallest absolute Gasteiger partial charge is 0.308 e. The molecule has 17 heavy (non-hydrogen) atoms. The van der Waals surface area contributed by atoms with Crippen molar-refractivity contribution < 1.29 is 9.90 Å². The highest BCUT2D eigenvalue weighted by Crippen LogP contribution is 2.11. The lowest BCUT2D eigenvalue weighted by molar-refractivity contribution is -0.145. The first kappa shape index (κ1) is 15.7. The van der Waals surface area contributed by atoms with Crippen molar-refractivity contribution in [3.05, 3.63) is 35.9 Å². The zero-order valence-corrected chi connectivity index (χ0v) is 11.1. The van der Waals surface area contributed by atoms with Crippen LogP contribution < -0.4 is 5.73 Å². The van der Waals surface area contributed by atoms with Crippen LogP contribution >= 0.6 is 0 Å². The molecule has 96 valence electrons. The molecule has 0 fully saturated rings. The van der Waals surface area contributed by atoms with Crippen LogP contribution in [0.1, 0.15) is 33.3 Å². The predicted octanol–water partition coefficient (Wildman–Crippen LogP) is 2.69. The second kappa shape index (κ2) is 7.07. The first-order valence-electron chi connectivity index (χ1n) is 5.76. The van der Waals surface area contributed by atoms with Gasteiger partial charge in [-0.15, -0.1) is 0 Å². The van der Waals surface area contributed by atoms with Crippen LogP contribution in [0.25, 0.3) is 0 Å². The van der Waals surface area contributed by atoms with Crippen molar-refractivity contribution in [1.29, 1.82) is 0 Å². The maximum Gasteiger partial charge on any atom is 0.308 e. The summed E-state index contributed by atoms with van der Waals surface area (Å²) in [6, 6.07) is 10.6. The Morgan fingerprint density at radius 1 is 1.29 bits per heavy atom. The normalized spacial score (nSPS) is 12.3. The molecule has 0 aliphatic carbocycles. The number of carboxylic acid groups (broad SMARTS) is 1. The molecular weight excluding hydrogens is 214 g/mol. The Morgan fingerprint density at radius 2 is 1.71 bits per heavy atom. The number of aliphatic carboxylic acids is 1. The minimum Gasteiger partial charge on any atom is -0.481 e. The molecular formula is C14H23NO2. The number of hydrogen-bond donors (Lipinski definition) is 2. The van der Waals surface area contributed by atoms with Crippen molar-refractivity contribution in [2.24, 2.45) is 11.1 Å². The predicted molar refractivity (Wildman–Crippen MR) is 70.9 cm³/mol. The lowest BCUT2D eigenvalue weighted by Crippen LogP contribution is -2.18. The fourth-order valence-corrected chi connectivity index (χ4v) is 0.986. The minimum absolute atomic E-state index is 0.266. The van der Waals surface area contributed by atoms with Gasteiger partial charge in [0.25, 0.3) is 0 Å². The Morgan fingerprint density at radius 3 is 2.00 bits per heavy atom. The number of carbonyl (C=O) groups is 1. The minimum atomic E-state index is -0.757. The molecule has 0 saturated carbocycles. The van der Waals surface area contributed by atoms with E-state index < -0.39 is 11.4 Å². The lowest BCUT2D eigenvalue weighted by atomic mass is 9.98. The van der Waals surface area contributed by atoms with Crippen molar-refractivity contribution in [1.82, 2.24) is 0 Å². The number of hydrogen-bond acceptors (Lipinski definition) is 2. The maximum atomic E-state index is 10.0. The summed E-state index contributed by atoms with van der Waals surface area (Å²) in [4.78, 5) is 10.0. The molecule has 3 N–H and O–H groups in total. The van der Waals surface area contributed by atoms with Crippen LogP contribution in [0.5, 0.6) is 0 Å². The third-order valence-corrected chi connectivity index (χ3v) is 2.04. The summed E-state index contributed by atoms with van der Waals surface area (Å²) >= 11 is 0. The molecule has 0 spiro atoms. The van der Waals surface area contributed by atoms with Crippen LogP contribution in [0.4, 0.5) is 0 Å². The summed E-state index contributed by atoms with van der Waals surface area (Å²) in [5.74, 6) is -0.757. The summed E-state index contributed by atoms with van der Waals surface area (Å²) < 4.78 is 0. The average molecular weight is 237 g/mol. The molecule has 0 saturated heterocycles. The Balaban J connectivity index is 0.000000325. The van der Waals surface area contributed by atoms with Crippen LogP contribution in [0.15, 0.2) is 30.3 Å². The van der Waals surface area contributed by atoms with Crippen LogP contribution in [0.3, 0.4) is 0 Å². The second-order valence-electron chi connectivity index (χ2n) is 5.22. The molecule has 1 unspecified atom stereocenters. The van der Waals surface area contributed by atoms with Gasteiger partial charge >= 0.3 is 5.97 Å². The quantitative estimate of drug-likeness (QED) is 0.831. The molecule has 0 heterocycles. The standard InChI is InChI=1S/C9H13N.C5H10O2/c1-8(10)7-9-5-3-2-4-6-9;1-5(2,3)4(6)7/h2-6,8H,7,10H2,1H3;1-3H3,(H,6,7). The highest BCUT2D eigenvalue weighted by Gasteiger charge is 2.18. The largest absolute Gasteiger partial charge is 0.481 e. The SMILES string of the molecule is CC(C)(C)C(=O)O.CC(N)Cc1ccccc1. The van der Waals surface area contributed by atoms with E-state index in [0.29, 0.717) is 0 Å². The van der Waals surface area contributed by atoms with E-state index in [4.69, 9.17) is 10.8 Å². The highest BCUT2D eigenvalue weighted by atomic mass is 16.4. The van der Waals surface area contributed by atoms with Gasteiger partial charge in [-0.2, -0.15) is 0 Å². The molecule has 0 aliphatic heterocycles. The van der Waals surface area contributed by atoms with Crippen molar-refractivity contribution in [3.63, 3.8) is 0 Å². The van der Waals surface area contributed by atoms with E-state index in [9.17, 15) is 4.79 Å². The van der Waals surface area contributed by atoms with E-state index in [0.717, 1.165) is 6.42 Å². The molecule has 0 aliphatic rings. The summed E-state index contributed by atoms with van der Waals surface area (Å²) in [7, 11) is 0. The topological polar surface area (TPSA) is 63.3 Å². The van der Waals surface area contributed by atoms with Crippen molar-refractivity contribution >= 4 is 5.97 Å². The van der Waals surface area contributed by atoms with Crippen LogP contribution in [0.2, 0.25) is 0 Å². The number of carboxylic acids is 1. The maximum absolute atomic E-state index is 10.0. The van der Waals surface area contributed by atoms with Gasteiger partial charge in [-0.1, -0.05) is 30.3 Å². The molecule has 3 nitrogen and oxygen atoms in total. The van der Waals surface area contributed by atoms with Gasteiger partial charge in [0.15, 0.2) is 0 Å². The van der Waals surface area contributed by atoms with Crippen LogP contribution in [-0.4, -0.2) is 17.1 Å². The molecule has 1 atom stereocenters. The van der Waals surface area contributed by atoms with Gasteiger partial charge in [-0.25, -0.2) is 0 Å². The monoisotopic (exact) mass is 237 g/mol. The Hall–Kier alpha value is -1.35. The second-order valence-corrected chi connectivity index (χ2v) is 5.22. The van der Waals surface area contributed by atoms with Gasteiger partial charge in [0.05, 0.1) is 5.41 Å². The molecule has 3 heteroatoms. The molecule has 1 aromatic carbocycles. The molecule has 1 aromatic rings. The van der Waals surface area contributed by atoms with Gasteiger partial charge in [0.1, 0.15) is 0 Å². The van der Waals surface area contributed by atoms with Gasteiger partial charge in [0, 0.05) is 6.04 Å². The molecule has 1 rings (SSSR count). The first-order valence-corrected chi connectivity index (χ1v) is 5.76. The fourth-order valence-electron chi connectivity index (χ4n) is 0.986. The number of rotatable bonds is 2. The lowest BCUT2D eigenvalue weighted by Gasteiger charge is -2.08. The van der Waals surface area contributed by atoms with E-state index >= 15 is 0 Å². The molecule has 0 aromatic heterocycles. The average Bonchev–Trinajstić information content (AvgIpc) is 2.17. The van der Waals surface area contributed by atoms with E-state index in [1.54, 1.807) is 20.8 Å². The Bertz CT molecular complexity index is 326. The van der Waals surface area contributed by atoms with Gasteiger partial charge in [-0.3, -0.25) is 4.79 Å². The Kier molecular flexibility index (Phi) is 6.51. The van der Waals surface area contributed by atoms with Crippen LogP contribution in [0, 0.1) is 5.41 Å². The zero-order chi connectivity index (χ0) is 13.5. The van der Waals surface area contributed by atoms with Gasteiger partial charge in [-0.05, 0) is 39.7 Å². The van der Waals surface area contributed by atoms with Crippen molar-refractivity contribution in [2.45, 2.75) is 40.2 Å².